The standard InChI is InChI=1S/C7H7ClN2O2/c8-6-3-5(1-2-9-6)10-7(12)4-11/h1-3,11H,4H2,(H,9,10,12). The summed E-state index contributed by atoms with van der Waals surface area (Å²) in [5, 5.41) is 11.1. The fourth-order valence-electron chi connectivity index (χ4n) is 0.681. The number of amides is 1. The molecule has 0 radical (unpaired) electrons. The Morgan fingerprint density at radius 1 is 1.75 bits per heavy atom. The molecule has 1 heterocycles. The molecule has 2 N–H and O–H groups in total. The average molecular weight is 187 g/mol. The Labute approximate surface area is 74.2 Å². The number of carbonyl (C=O) groups is 1. The molecule has 1 amide bonds. The summed E-state index contributed by atoms with van der Waals surface area (Å²) in [6.45, 7) is -0.542. The maximum absolute atomic E-state index is 10.7. The van der Waals surface area contributed by atoms with Crippen molar-refractivity contribution in [1.82, 2.24) is 4.98 Å². The summed E-state index contributed by atoms with van der Waals surface area (Å²) < 4.78 is 0. The molecule has 0 aromatic carbocycles. The number of carbonyl (C=O) groups excluding carboxylic acids is 1. The number of anilines is 1. The molecule has 0 spiro atoms. The predicted molar refractivity (Wildman–Crippen MR) is 45.0 cm³/mol. The first-order chi connectivity index (χ1) is 5.72. The van der Waals surface area contributed by atoms with Gasteiger partial charge in [0.15, 0.2) is 0 Å². The first kappa shape index (κ1) is 8.96. The lowest BCUT2D eigenvalue weighted by Crippen LogP contribution is -2.15. The van der Waals surface area contributed by atoms with E-state index in [2.05, 4.69) is 10.3 Å². The highest BCUT2D eigenvalue weighted by Crippen LogP contribution is 2.11. The maximum atomic E-state index is 10.7. The van der Waals surface area contributed by atoms with Gasteiger partial charge in [-0.25, -0.2) is 4.98 Å². The van der Waals surface area contributed by atoms with Gasteiger partial charge in [-0.2, -0.15) is 0 Å². The van der Waals surface area contributed by atoms with Crippen molar-refractivity contribution in [2.45, 2.75) is 0 Å². The summed E-state index contributed by atoms with van der Waals surface area (Å²) in [7, 11) is 0. The van der Waals surface area contributed by atoms with Crippen LogP contribution in [-0.2, 0) is 4.79 Å². The second-order valence-corrected chi connectivity index (χ2v) is 2.46. The van der Waals surface area contributed by atoms with Gasteiger partial charge in [0.2, 0.25) is 5.91 Å². The molecule has 1 aromatic heterocycles. The van der Waals surface area contributed by atoms with Crippen molar-refractivity contribution in [3.8, 4) is 0 Å². The van der Waals surface area contributed by atoms with Crippen molar-refractivity contribution in [2.75, 3.05) is 11.9 Å². The summed E-state index contributed by atoms with van der Waals surface area (Å²) >= 11 is 5.55. The van der Waals surface area contributed by atoms with E-state index in [4.69, 9.17) is 16.7 Å². The average Bonchev–Trinajstić information content (AvgIpc) is 2.04. The van der Waals surface area contributed by atoms with E-state index in [0.29, 0.717) is 10.8 Å². The van der Waals surface area contributed by atoms with E-state index < -0.39 is 12.5 Å². The molecule has 1 rings (SSSR count). The Bertz CT molecular complexity index is 290. The van der Waals surface area contributed by atoms with E-state index in [0.717, 1.165) is 0 Å². The minimum absolute atomic E-state index is 0.297. The van der Waals surface area contributed by atoms with Crippen molar-refractivity contribution in [1.29, 1.82) is 0 Å². The van der Waals surface area contributed by atoms with E-state index in [1.165, 1.54) is 12.3 Å². The molecule has 64 valence electrons. The van der Waals surface area contributed by atoms with Gasteiger partial charge >= 0.3 is 0 Å². The molecule has 0 aliphatic carbocycles. The monoisotopic (exact) mass is 186 g/mol. The molecular weight excluding hydrogens is 180 g/mol. The summed E-state index contributed by atoms with van der Waals surface area (Å²) in [5.41, 5.74) is 0.522. The number of rotatable bonds is 2. The van der Waals surface area contributed by atoms with Crippen LogP contribution in [0, 0.1) is 0 Å². The fraction of sp³-hybridized carbons (Fsp3) is 0.143. The van der Waals surface area contributed by atoms with Crippen molar-refractivity contribution in [2.24, 2.45) is 0 Å². The second-order valence-electron chi connectivity index (χ2n) is 2.07. The van der Waals surface area contributed by atoms with Crippen LogP contribution in [0.4, 0.5) is 5.69 Å². The van der Waals surface area contributed by atoms with Gasteiger partial charge in [0.05, 0.1) is 0 Å². The first-order valence-corrected chi connectivity index (χ1v) is 3.62. The highest BCUT2D eigenvalue weighted by Gasteiger charge is 1.99. The number of aliphatic hydroxyl groups is 1. The van der Waals surface area contributed by atoms with Gasteiger partial charge in [0.25, 0.3) is 0 Å². The van der Waals surface area contributed by atoms with Crippen molar-refractivity contribution >= 4 is 23.2 Å². The molecular formula is C7H7ClN2O2. The van der Waals surface area contributed by atoms with Crippen LogP contribution in [-0.4, -0.2) is 22.6 Å². The van der Waals surface area contributed by atoms with Crippen LogP contribution in [0.25, 0.3) is 0 Å². The number of halogens is 1. The van der Waals surface area contributed by atoms with Crippen molar-refractivity contribution < 1.29 is 9.90 Å². The van der Waals surface area contributed by atoms with Crippen LogP contribution in [0.2, 0.25) is 5.15 Å². The third-order valence-electron chi connectivity index (χ3n) is 1.15. The molecule has 0 atom stereocenters. The molecule has 4 nitrogen and oxygen atoms in total. The van der Waals surface area contributed by atoms with Crippen LogP contribution in [0.5, 0.6) is 0 Å². The smallest absolute Gasteiger partial charge is 0.250 e. The quantitative estimate of drug-likeness (QED) is 0.668. The van der Waals surface area contributed by atoms with Gasteiger partial charge in [-0.1, -0.05) is 11.6 Å². The SMILES string of the molecule is O=C(CO)Nc1ccnc(Cl)c1. The van der Waals surface area contributed by atoms with E-state index in [1.807, 2.05) is 0 Å². The summed E-state index contributed by atoms with van der Waals surface area (Å²) in [6, 6.07) is 3.08. The third-order valence-corrected chi connectivity index (χ3v) is 1.36. The lowest BCUT2D eigenvalue weighted by Gasteiger charge is -2.01. The Kier molecular flexibility index (Phi) is 3.01. The molecule has 12 heavy (non-hydrogen) atoms. The summed E-state index contributed by atoms with van der Waals surface area (Å²) in [5.74, 6) is -0.475. The molecule has 0 aliphatic heterocycles. The highest BCUT2D eigenvalue weighted by atomic mass is 35.5. The van der Waals surface area contributed by atoms with Gasteiger partial charge < -0.3 is 10.4 Å². The van der Waals surface area contributed by atoms with E-state index in [-0.39, 0.29) is 0 Å². The third kappa shape index (κ3) is 2.48. The zero-order chi connectivity index (χ0) is 8.97. The Hall–Kier alpha value is -1.13. The number of nitrogens with one attached hydrogen (secondary N) is 1. The van der Waals surface area contributed by atoms with Gasteiger partial charge in [-0.15, -0.1) is 0 Å². The number of nitrogens with zero attached hydrogens (tertiary/aromatic N) is 1. The molecule has 0 aliphatic rings. The van der Waals surface area contributed by atoms with E-state index in [9.17, 15) is 4.79 Å². The second kappa shape index (κ2) is 4.04. The van der Waals surface area contributed by atoms with Gasteiger partial charge in [-0.3, -0.25) is 4.79 Å². The molecule has 5 heteroatoms. The van der Waals surface area contributed by atoms with Crippen LogP contribution in [0.15, 0.2) is 18.3 Å². The first-order valence-electron chi connectivity index (χ1n) is 3.24. The Morgan fingerprint density at radius 2 is 2.50 bits per heavy atom. The maximum Gasteiger partial charge on any atom is 0.250 e. The Balaban J connectivity index is 2.69. The molecule has 0 saturated carbocycles. The molecule has 0 saturated heterocycles. The summed E-state index contributed by atoms with van der Waals surface area (Å²) in [4.78, 5) is 14.4. The fourth-order valence-corrected chi connectivity index (χ4v) is 0.855. The van der Waals surface area contributed by atoms with Gasteiger partial charge in [0, 0.05) is 11.9 Å². The zero-order valence-electron chi connectivity index (χ0n) is 6.12. The molecule has 0 bridgehead atoms. The summed E-state index contributed by atoms with van der Waals surface area (Å²) in [6.07, 6.45) is 1.47. The van der Waals surface area contributed by atoms with Crippen LogP contribution in [0.1, 0.15) is 0 Å². The number of hydrogen-bond acceptors (Lipinski definition) is 3. The molecule has 0 fully saturated rings. The largest absolute Gasteiger partial charge is 0.387 e. The molecule has 1 aromatic rings. The minimum atomic E-state index is -0.542. The predicted octanol–water partition coefficient (Wildman–Crippen LogP) is 0.666. The van der Waals surface area contributed by atoms with Crippen molar-refractivity contribution in [3.63, 3.8) is 0 Å². The van der Waals surface area contributed by atoms with Crippen LogP contribution >= 0.6 is 11.6 Å². The normalized spacial score (nSPS) is 9.50. The minimum Gasteiger partial charge on any atom is -0.387 e. The Morgan fingerprint density at radius 3 is 3.08 bits per heavy atom. The zero-order valence-corrected chi connectivity index (χ0v) is 6.88. The van der Waals surface area contributed by atoms with E-state index in [1.54, 1.807) is 6.07 Å². The number of hydrogen-bond donors (Lipinski definition) is 2. The van der Waals surface area contributed by atoms with Crippen LogP contribution < -0.4 is 5.32 Å². The van der Waals surface area contributed by atoms with Crippen molar-refractivity contribution in [3.05, 3.63) is 23.5 Å². The number of pyridine rings is 1. The van der Waals surface area contributed by atoms with Gasteiger partial charge in [0.1, 0.15) is 11.8 Å². The van der Waals surface area contributed by atoms with E-state index >= 15 is 0 Å². The highest BCUT2D eigenvalue weighted by molar-refractivity contribution is 6.29. The number of aromatic nitrogens is 1. The van der Waals surface area contributed by atoms with Crippen LogP contribution in [0.3, 0.4) is 0 Å². The lowest BCUT2D eigenvalue weighted by molar-refractivity contribution is -0.118. The number of aliphatic hydroxyl groups excluding tert-OH is 1. The molecule has 0 unspecified atom stereocenters. The van der Waals surface area contributed by atoms with Gasteiger partial charge in [-0.05, 0) is 12.1 Å². The lowest BCUT2D eigenvalue weighted by atomic mass is 10.4. The topological polar surface area (TPSA) is 62.2 Å².